The summed E-state index contributed by atoms with van der Waals surface area (Å²) in [6, 6.07) is 1.44. The van der Waals surface area contributed by atoms with Crippen molar-refractivity contribution in [1.29, 1.82) is 0 Å². The van der Waals surface area contributed by atoms with Gasteiger partial charge >= 0.3 is 5.69 Å². The van der Waals surface area contributed by atoms with Crippen LogP contribution >= 0.6 is 11.6 Å². The summed E-state index contributed by atoms with van der Waals surface area (Å²) in [5.41, 5.74) is 4.57. The molecule has 110 valence electrons. The van der Waals surface area contributed by atoms with Gasteiger partial charge in [0, 0.05) is 6.07 Å². The van der Waals surface area contributed by atoms with Gasteiger partial charge in [0.15, 0.2) is 5.82 Å². The molecule has 0 saturated carbocycles. The number of nitrogens with two attached hydrogens (primary N) is 1. The van der Waals surface area contributed by atoms with Crippen molar-refractivity contribution in [3.63, 3.8) is 0 Å². The first kappa shape index (κ1) is 14.9. The van der Waals surface area contributed by atoms with Gasteiger partial charge in [-0.05, 0) is 13.0 Å². The maximum Gasteiger partial charge on any atom is 0.332 e. The van der Waals surface area contributed by atoms with Crippen molar-refractivity contribution < 1.29 is 13.7 Å². The van der Waals surface area contributed by atoms with E-state index in [1.54, 1.807) is 0 Å². The quantitative estimate of drug-likeness (QED) is 0.666. The topological polar surface area (TPSA) is 107 Å². The smallest absolute Gasteiger partial charge is 0.332 e. The molecular formula is C11H8ClF2N5O2. The molecule has 21 heavy (non-hydrogen) atoms. The molecule has 0 atom stereocenters. The van der Waals surface area contributed by atoms with Crippen LogP contribution in [0.5, 0.6) is 0 Å². The molecule has 1 aromatic heterocycles. The van der Waals surface area contributed by atoms with E-state index in [0.717, 1.165) is 6.07 Å². The maximum atomic E-state index is 13.7. The Kier molecular flexibility index (Phi) is 3.85. The molecule has 0 fully saturated rings. The normalized spacial score (nSPS) is 10.5. The number of nitrogens with one attached hydrogen (secondary N) is 1. The van der Waals surface area contributed by atoms with E-state index < -0.39 is 22.2 Å². The monoisotopic (exact) mass is 315 g/mol. The summed E-state index contributed by atoms with van der Waals surface area (Å²) in [4.78, 5) is 17.6. The van der Waals surface area contributed by atoms with Gasteiger partial charge in [-0.1, -0.05) is 11.6 Å². The number of hydrogen-bond donors (Lipinski definition) is 2. The first-order valence-electron chi connectivity index (χ1n) is 5.49. The zero-order valence-electron chi connectivity index (χ0n) is 10.5. The van der Waals surface area contributed by atoms with Crippen molar-refractivity contribution in [3.8, 4) is 0 Å². The molecule has 2 aromatic rings. The minimum atomic E-state index is -1.02. The van der Waals surface area contributed by atoms with Crippen LogP contribution in [0, 0.1) is 28.7 Å². The highest BCUT2D eigenvalue weighted by atomic mass is 35.5. The summed E-state index contributed by atoms with van der Waals surface area (Å²) in [5, 5.41) is 13.1. The third-order valence-electron chi connectivity index (χ3n) is 2.51. The second-order valence-corrected chi connectivity index (χ2v) is 4.40. The van der Waals surface area contributed by atoms with Crippen LogP contribution in [0.1, 0.15) is 5.69 Å². The van der Waals surface area contributed by atoms with Crippen LogP contribution in [0.2, 0.25) is 5.02 Å². The van der Waals surface area contributed by atoms with Crippen molar-refractivity contribution in [2.24, 2.45) is 0 Å². The van der Waals surface area contributed by atoms with E-state index >= 15 is 0 Å². The minimum absolute atomic E-state index is 0.00589. The van der Waals surface area contributed by atoms with Crippen LogP contribution in [-0.2, 0) is 0 Å². The predicted molar refractivity (Wildman–Crippen MR) is 72.5 cm³/mol. The van der Waals surface area contributed by atoms with Gasteiger partial charge < -0.3 is 11.1 Å². The molecule has 0 aliphatic rings. The Hall–Kier alpha value is -2.55. The molecule has 0 saturated heterocycles. The Balaban J connectivity index is 2.57. The van der Waals surface area contributed by atoms with Crippen molar-refractivity contribution in [2.75, 3.05) is 11.1 Å². The van der Waals surface area contributed by atoms with E-state index in [1.807, 2.05) is 0 Å². The Morgan fingerprint density at radius 1 is 1.38 bits per heavy atom. The fourth-order valence-corrected chi connectivity index (χ4v) is 1.92. The number of aromatic nitrogens is 2. The Morgan fingerprint density at radius 3 is 2.62 bits per heavy atom. The lowest BCUT2D eigenvalue weighted by Gasteiger charge is -2.10. The molecule has 1 heterocycles. The lowest BCUT2D eigenvalue weighted by molar-refractivity contribution is -0.385. The van der Waals surface area contributed by atoms with E-state index in [0.29, 0.717) is 6.07 Å². The molecule has 7 nitrogen and oxygen atoms in total. The molecule has 0 aliphatic carbocycles. The summed E-state index contributed by atoms with van der Waals surface area (Å²) in [6.07, 6.45) is 0. The molecule has 0 bridgehead atoms. The van der Waals surface area contributed by atoms with Crippen molar-refractivity contribution in [1.82, 2.24) is 9.97 Å². The van der Waals surface area contributed by atoms with Gasteiger partial charge in [-0.2, -0.15) is 4.98 Å². The summed E-state index contributed by atoms with van der Waals surface area (Å²) in [7, 11) is 0. The van der Waals surface area contributed by atoms with E-state index in [-0.39, 0.29) is 28.2 Å². The second-order valence-electron chi connectivity index (χ2n) is 3.99. The second kappa shape index (κ2) is 5.44. The van der Waals surface area contributed by atoms with E-state index in [2.05, 4.69) is 15.3 Å². The molecule has 2 rings (SSSR count). The minimum Gasteiger partial charge on any atom is -0.368 e. The number of hydrogen-bond acceptors (Lipinski definition) is 6. The van der Waals surface area contributed by atoms with E-state index in [9.17, 15) is 18.9 Å². The van der Waals surface area contributed by atoms with Crippen molar-refractivity contribution in [3.05, 3.63) is 44.6 Å². The highest BCUT2D eigenvalue weighted by Crippen LogP contribution is 2.33. The third-order valence-corrected chi connectivity index (χ3v) is 2.81. The van der Waals surface area contributed by atoms with Gasteiger partial charge in [0.1, 0.15) is 11.5 Å². The summed E-state index contributed by atoms with van der Waals surface area (Å²) >= 11 is 5.71. The molecule has 1 aromatic carbocycles. The number of benzene rings is 1. The largest absolute Gasteiger partial charge is 0.368 e. The zero-order valence-corrected chi connectivity index (χ0v) is 11.3. The zero-order chi connectivity index (χ0) is 15.7. The molecule has 0 spiro atoms. The molecule has 0 unspecified atom stereocenters. The number of nitrogens with zero attached hydrogens (tertiary/aromatic N) is 3. The van der Waals surface area contributed by atoms with Gasteiger partial charge in [0.05, 0.1) is 15.6 Å². The molecule has 3 N–H and O–H groups in total. The molecule has 0 amide bonds. The highest BCUT2D eigenvalue weighted by molar-refractivity contribution is 6.33. The summed E-state index contributed by atoms with van der Waals surface area (Å²) in [5.74, 6) is -2.48. The van der Waals surface area contributed by atoms with Crippen LogP contribution in [0.15, 0.2) is 12.1 Å². The lowest BCUT2D eigenvalue weighted by Crippen LogP contribution is -2.08. The van der Waals surface area contributed by atoms with Gasteiger partial charge in [-0.25, -0.2) is 13.8 Å². The molecule has 10 heteroatoms. The van der Waals surface area contributed by atoms with Gasteiger partial charge in [-0.3, -0.25) is 10.1 Å². The van der Waals surface area contributed by atoms with Gasteiger partial charge in [0.2, 0.25) is 11.8 Å². The number of rotatable bonds is 3. The van der Waals surface area contributed by atoms with Crippen LogP contribution in [-0.4, -0.2) is 14.9 Å². The summed E-state index contributed by atoms with van der Waals surface area (Å²) in [6.45, 7) is 1.35. The number of aryl methyl sites for hydroxylation is 1. The summed E-state index contributed by atoms with van der Waals surface area (Å²) < 4.78 is 26.7. The number of halogens is 3. The lowest BCUT2D eigenvalue weighted by atomic mass is 10.2. The standard InChI is InChI=1S/C11H8ClF2N5O2/c1-4-9(19(20)21)10(18-11(15)16-4)17-8-6(12)2-5(13)3-7(8)14/h2-3H,1H3,(H3,15,16,17,18). The van der Waals surface area contributed by atoms with Crippen molar-refractivity contribution >= 4 is 34.7 Å². The van der Waals surface area contributed by atoms with Crippen LogP contribution in [0.4, 0.5) is 31.9 Å². The van der Waals surface area contributed by atoms with Crippen LogP contribution in [0.25, 0.3) is 0 Å². The number of anilines is 3. The average molecular weight is 316 g/mol. The fourth-order valence-electron chi connectivity index (χ4n) is 1.67. The maximum absolute atomic E-state index is 13.7. The highest BCUT2D eigenvalue weighted by Gasteiger charge is 2.23. The van der Waals surface area contributed by atoms with E-state index in [4.69, 9.17) is 17.3 Å². The van der Waals surface area contributed by atoms with Gasteiger partial charge in [-0.15, -0.1) is 0 Å². The van der Waals surface area contributed by atoms with Gasteiger partial charge in [0.25, 0.3) is 0 Å². The fraction of sp³-hybridized carbons (Fsp3) is 0.0909. The first-order valence-corrected chi connectivity index (χ1v) is 5.87. The number of nitro groups is 1. The molecular weight excluding hydrogens is 308 g/mol. The van der Waals surface area contributed by atoms with Crippen LogP contribution in [0.3, 0.4) is 0 Å². The average Bonchev–Trinajstić information content (AvgIpc) is 2.32. The van der Waals surface area contributed by atoms with Crippen LogP contribution < -0.4 is 11.1 Å². The third kappa shape index (κ3) is 2.97. The van der Waals surface area contributed by atoms with Crippen molar-refractivity contribution in [2.45, 2.75) is 6.92 Å². The predicted octanol–water partition coefficient (Wildman–Crippen LogP) is 2.95. The Morgan fingerprint density at radius 2 is 2.05 bits per heavy atom. The number of nitrogen functional groups attached to an aromatic ring is 1. The molecule has 0 aliphatic heterocycles. The molecule has 0 radical (unpaired) electrons. The Bertz CT molecular complexity index is 718. The van der Waals surface area contributed by atoms with E-state index in [1.165, 1.54) is 6.92 Å². The SMILES string of the molecule is Cc1nc(N)nc(Nc2c(F)cc(F)cc2Cl)c1[N+](=O)[O-]. The first-order chi connectivity index (χ1) is 9.79. The Labute approximate surface area is 121 Å².